The fraction of sp³-hybridized carbons (Fsp3) is 0.364. The molecule has 0 aromatic heterocycles. The van der Waals surface area contributed by atoms with Crippen LogP contribution in [0.3, 0.4) is 0 Å². The first-order valence-electron chi connectivity index (χ1n) is 4.92. The van der Waals surface area contributed by atoms with Gasteiger partial charge in [-0.3, -0.25) is 5.41 Å². The molecule has 1 aromatic carbocycles. The molecule has 0 spiro atoms. The fourth-order valence-corrected chi connectivity index (χ4v) is 3.09. The largest absolute Gasteiger partial charge is 0.349 e. The first-order valence-corrected chi connectivity index (χ1v) is 6.83. The maximum absolute atomic E-state index is 7.73. The van der Waals surface area contributed by atoms with Crippen LogP contribution in [0.2, 0.25) is 0 Å². The molecule has 80 valence electrons. The van der Waals surface area contributed by atoms with Gasteiger partial charge in [0.2, 0.25) is 0 Å². The van der Waals surface area contributed by atoms with Crippen molar-refractivity contribution in [2.75, 3.05) is 18.8 Å². The van der Waals surface area contributed by atoms with Crippen molar-refractivity contribution in [3.63, 3.8) is 0 Å². The van der Waals surface area contributed by atoms with Gasteiger partial charge in [-0.15, -0.1) is 0 Å². The molecule has 1 aliphatic rings. The molecule has 1 aromatic rings. The summed E-state index contributed by atoms with van der Waals surface area (Å²) in [5.41, 5.74) is 1.28. The van der Waals surface area contributed by atoms with Gasteiger partial charge in [-0.2, -0.15) is 0 Å². The summed E-state index contributed by atoms with van der Waals surface area (Å²) < 4.78 is 0. The highest BCUT2D eigenvalue weighted by Gasteiger charge is 2.20. The smallest absolute Gasteiger partial charge is 0.156 e. The summed E-state index contributed by atoms with van der Waals surface area (Å²) in [4.78, 5) is 2.44. The zero-order valence-corrected chi connectivity index (χ0v) is 10.7. The Morgan fingerprint density at radius 3 is 2.73 bits per heavy atom. The molecule has 0 radical (unpaired) electrons. The number of alkyl halides is 1. The van der Waals surface area contributed by atoms with Crippen molar-refractivity contribution in [3.8, 4) is 0 Å². The summed E-state index contributed by atoms with van der Waals surface area (Å²) in [6.45, 7) is 1.88. The summed E-state index contributed by atoms with van der Waals surface area (Å²) >= 11 is 5.31. The number of amidine groups is 1. The second-order valence-electron chi connectivity index (χ2n) is 3.48. The van der Waals surface area contributed by atoms with E-state index in [4.69, 9.17) is 5.41 Å². The number of nitrogens with one attached hydrogen (secondary N) is 1. The van der Waals surface area contributed by atoms with E-state index in [1.807, 2.05) is 18.2 Å². The van der Waals surface area contributed by atoms with Gasteiger partial charge in [0.05, 0.1) is 4.83 Å². The van der Waals surface area contributed by atoms with E-state index >= 15 is 0 Å². The van der Waals surface area contributed by atoms with Gasteiger partial charge in [-0.25, -0.2) is 0 Å². The standard InChI is InChI=1S/C11H13BrN2S/c12-10(9-4-2-1-3-5-9)8-14-6-7-15-11(14)13/h1-5,10,13H,6-8H2. The van der Waals surface area contributed by atoms with E-state index in [2.05, 4.69) is 33.0 Å². The van der Waals surface area contributed by atoms with Crippen LogP contribution in [0.4, 0.5) is 0 Å². The number of thioether (sulfide) groups is 1. The van der Waals surface area contributed by atoms with Gasteiger partial charge in [0, 0.05) is 18.8 Å². The van der Waals surface area contributed by atoms with E-state index in [-0.39, 0.29) is 0 Å². The fourth-order valence-electron chi connectivity index (χ4n) is 1.58. The molecule has 1 unspecified atom stereocenters. The third kappa shape index (κ3) is 2.75. The van der Waals surface area contributed by atoms with Gasteiger partial charge in [0.15, 0.2) is 5.17 Å². The molecule has 1 fully saturated rings. The van der Waals surface area contributed by atoms with E-state index in [0.29, 0.717) is 9.99 Å². The third-order valence-electron chi connectivity index (χ3n) is 2.43. The molecule has 4 heteroatoms. The lowest BCUT2D eigenvalue weighted by atomic mass is 10.1. The highest BCUT2D eigenvalue weighted by molar-refractivity contribution is 9.09. The summed E-state index contributed by atoms with van der Waals surface area (Å²) in [5, 5.41) is 8.43. The van der Waals surface area contributed by atoms with Crippen LogP contribution in [0.15, 0.2) is 30.3 Å². The van der Waals surface area contributed by atoms with Crippen molar-refractivity contribution in [1.82, 2.24) is 4.90 Å². The van der Waals surface area contributed by atoms with E-state index in [0.717, 1.165) is 18.8 Å². The van der Waals surface area contributed by atoms with Crippen molar-refractivity contribution in [2.24, 2.45) is 0 Å². The van der Waals surface area contributed by atoms with Gasteiger partial charge >= 0.3 is 0 Å². The monoisotopic (exact) mass is 284 g/mol. The number of benzene rings is 1. The Morgan fingerprint density at radius 2 is 2.13 bits per heavy atom. The van der Waals surface area contributed by atoms with Crippen LogP contribution in [0.25, 0.3) is 0 Å². The minimum Gasteiger partial charge on any atom is -0.349 e. The molecule has 0 saturated carbocycles. The predicted octanol–water partition coefficient (Wildman–Crippen LogP) is 3.11. The molecular weight excluding hydrogens is 272 g/mol. The lowest BCUT2D eigenvalue weighted by Crippen LogP contribution is -2.27. The van der Waals surface area contributed by atoms with E-state index < -0.39 is 0 Å². The van der Waals surface area contributed by atoms with Crippen molar-refractivity contribution in [3.05, 3.63) is 35.9 Å². The molecule has 0 aliphatic carbocycles. The Balaban J connectivity index is 1.98. The van der Waals surface area contributed by atoms with Gasteiger partial charge in [0.1, 0.15) is 0 Å². The Kier molecular flexibility index (Phi) is 3.70. The van der Waals surface area contributed by atoms with Crippen LogP contribution in [-0.4, -0.2) is 28.9 Å². The average Bonchev–Trinajstić information content (AvgIpc) is 2.66. The Bertz CT molecular complexity index is 342. The number of hydrogen-bond donors (Lipinski definition) is 1. The topological polar surface area (TPSA) is 27.1 Å². The first kappa shape index (κ1) is 11.0. The van der Waals surface area contributed by atoms with Crippen LogP contribution in [0.5, 0.6) is 0 Å². The Morgan fingerprint density at radius 1 is 1.40 bits per heavy atom. The SMILES string of the molecule is N=C1SCCN1CC(Br)c1ccccc1. The Labute approximate surface area is 103 Å². The summed E-state index contributed by atoms with van der Waals surface area (Å²) in [5.74, 6) is 1.05. The lowest BCUT2D eigenvalue weighted by molar-refractivity contribution is 0.462. The quantitative estimate of drug-likeness (QED) is 0.864. The zero-order valence-electron chi connectivity index (χ0n) is 8.32. The van der Waals surface area contributed by atoms with Crippen molar-refractivity contribution >= 4 is 32.9 Å². The number of nitrogens with zero attached hydrogens (tertiary/aromatic N) is 1. The minimum atomic E-state index is 0.317. The molecule has 1 N–H and O–H groups in total. The number of hydrogen-bond acceptors (Lipinski definition) is 2. The normalized spacial score (nSPS) is 18.2. The average molecular weight is 285 g/mol. The molecule has 0 amide bonds. The molecular formula is C11H13BrN2S. The Hall–Kier alpha value is -0.480. The van der Waals surface area contributed by atoms with Crippen LogP contribution in [0.1, 0.15) is 10.4 Å². The highest BCUT2D eigenvalue weighted by Crippen LogP contribution is 2.26. The molecule has 1 saturated heterocycles. The van der Waals surface area contributed by atoms with Crippen LogP contribution in [-0.2, 0) is 0 Å². The maximum Gasteiger partial charge on any atom is 0.156 e. The second kappa shape index (κ2) is 5.03. The lowest BCUT2D eigenvalue weighted by Gasteiger charge is -2.20. The minimum absolute atomic E-state index is 0.317. The van der Waals surface area contributed by atoms with E-state index in [1.54, 1.807) is 11.8 Å². The van der Waals surface area contributed by atoms with Gasteiger partial charge in [0.25, 0.3) is 0 Å². The van der Waals surface area contributed by atoms with E-state index in [1.165, 1.54) is 5.56 Å². The summed E-state index contributed by atoms with van der Waals surface area (Å²) in [6, 6.07) is 10.4. The van der Waals surface area contributed by atoms with Crippen LogP contribution >= 0.6 is 27.7 Å². The molecule has 2 rings (SSSR count). The van der Waals surface area contributed by atoms with Crippen molar-refractivity contribution < 1.29 is 0 Å². The van der Waals surface area contributed by atoms with Crippen molar-refractivity contribution in [1.29, 1.82) is 5.41 Å². The zero-order chi connectivity index (χ0) is 10.7. The molecule has 2 nitrogen and oxygen atoms in total. The number of halogens is 1. The molecule has 1 atom stereocenters. The second-order valence-corrected chi connectivity index (χ2v) is 5.67. The molecule has 0 bridgehead atoms. The highest BCUT2D eigenvalue weighted by atomic mass is 79.9. The molecule has 1 heterocycles. The van der Waals surface area contributed by atoms with Crippen LogP contribution < -0.4 is 0 Å². The van der Waals surface area contributed by atoms with Crippen LogP contribution in [0, 0.1) is 5.41 Å². The number of rotatable bonds is 3. The van der Waals surface area contributed by atoms with Gasteiger partial charge in [-0.1, -0.05) is 58.0 Å². The summed E-state index contributed by atoms with van der Waals surface area (Å²) in [7, 11) is 0. The predicted molar refractivity (Wildman–Crippen MR) is 69.9 cm³/mol. The third-order valence-corrected chi connectivity index (χ3v) is 4.17. The first-order chi connectivity index (χ1) is 7.27. The van der Waals surface area contributed by atoms with Gasteiger partial charge in [-0.05, 0) is 5.56 Å². The van der Waals surface area contributed by atoms with Gasteiger partial charge < -0.3 is 4.90 Å². The molecule has 1 aliphatic heterocycles. The van der Waals surface area contributed by atoms with Crippen molar-refractivity contribution in [2.45, 2.75) is 4.83 Å². The maximum atomic E-state index is 7.73. The summed E-state index contributed by atoms with van der Waals surface area (Å²) in [6.07, 6.45) is 0. The van der Waals surface area contributed by atoms with E-state index in [9.17, 15) is 0 Å². The molecule has 15 heavy (non-hydrogen) atoms.